The van der Waals surface area contributed by atoms with Crippen LogP contribution in [-0.2, 0) is 12.6 Å². The number of nitrogens with two attached hydrogens (primary N) is 1. The lowest BCUT2D eigenvalue weighted by Crippen LogP contribution is -2.27. The molecular formula is C21H24F3N5. The highest BCUT2D eigenvalue weighted by atomic mass is 19.4. The summed E-state index contributed by atoms with van der Waals surface area (Å²) in [6.45, 7) is 2.04. The Bertz CT molecular complexity index is 901. The van der Waals surface area contributed by atoms with Crippen molar-refractivity contribution in [2.75, 3.05) is 5.32 Å². The first-order valence-corrected chi connectivity index (χ1v) is 9.65. The van der Waals surface area contributed by atoms with Gasteiger partial charge in [-0.15, -0.1) is 0 Å². The van der Waals surface area contributed by atoms with E-state index in [1.54, 1.807) is 18.3 Å². The molecule has 0 radical (unpaired) electrons. The molecule has 0 saturated heterocycles. The quantitative estimate of drug-likeness (QED) is 0.630. The molecule has 1 aliphatic carbocycles. The van der Waals surface area contributed by atoms with E-state index in [0.29, 0.717) is 11.4 Å². The van der Waals surface area contributed by atoms with Gasteiger partial charge in [-0.3, -0.25) is 15.0 Å². The van der Waals surface area contributed by atoms with Crippen molar-refractivity contribution >= 4 is 23.2 Å². The maximum absolute atomic E-state index is 13.7. The summed E-state index contributed by atoms with van der Waals surface area (Å²) in [5.74, 6) is 0. The van der Waals surface area contributed by atoms with Gasteiger partial charge >= 0.3 is 6.18 Å². The molecule has 1 aliphatic rings. The number of aromatic nitrogens is 2. The second kappa shape index (κ2) is 9.07. The van der Waals surface area contributed by atoms with E-state index in [1.807, 2.05) is 6.92 Å². The Morgan fingerprint density at radius 1 is 1.31 bits per heavy atom. The van der Waals surface area contributed by atoms with Gasteiger partial charge in [0.05, 0.1) is 28.8 Å². The number of hydrogen-bond acceptors (Lipinski definition) is 5. The van der Waals surface area contributed by atoms with Gasteiger partial charge in [0.15, 0.2) is 0 Å². The Hall–Kier alpha value is -2.90. The zero-order valence-electron chi connectivity index (χ0n) is 16.2. The number of rotatable bonds is 7. The minimum absolute atomic E-state index is 0.0985. The normalized spacial score (nSPS) is 15.5. The van der Waals surface area contributed by atoms with Gasteiger partial charge < -0.3 is 11.1 Å². The molecule has 3 rings (SSSR count). The molecule has 0 aliphatic heterocycles. The number of alkyl halides is 3. The molecule has 2 aromatic rings. The molecule has 0 atom stereocenters. The van der Waals surface area contributed by atoms with Crippen molar-refractivity contribution in [3.8, 4) is 0 Å². The molecule has 5 nitrogen and oxygen atoms in total. The van der Waals surface area contributed by atoms with Gasteiger partial charge in [-0.2, -0.15) is 13.2 Å². The Balaban J connectivity index is 1.88. The van der Waals surface area contributed by atoms with Crippen molar-refractivity contribution < 1.29 is 13.2 Å². The van der Waals surface area contributed by atoms with Crippen molar-refractivity contribution in [1.29, 1.82) is 0 Å². The number of allylic oxidation sites excluding steroid dienone is 1. The summed E-state index contributed by atoms with van der Waals surface area (Å²) in [6, 6.07) is 4.79. The molecule has 0 spiro atoms. The van der Waals surface area contributed by atoms with E-state index in [1.165, 1.54) is 12.4 Å². The molecule has 2 aromatic heterocycles. The minimum atomic E-state index is -4.56. The Morgan fingerprint density at radius 2 is 2.10 bits per heavy atom. The fourth-order valence-electron chi connectivity index (χ4n) is 3.04. The fourth-order valence-corrected chi connectivity index (χ4v) is 3.04. The summed E-state index contributed by atoms with van der Waals surface area (Å²) in [5.41, 5.74) is 6.46. The summed E-state index contributed by atoms with van der Waals surface area (Å²) in [5, 5.41) is 3.10. The van der Waals surface area contributed by atoms with Crippen LogP contribution in [0.5, 0.6) is 0 Å². The zero-order valence-corrected chi connectivity index (χ0v) is 16.2. The summed E-state index contributed by atoms with van der Waals surface area (Å²) in [4.78, 5) is 12.6. The Kier molecular flexibility index (Phi) is 6.51. The largest absolute Gasteiger partial charge is 0.418 e. The summed E-state index contributed by atoms with van der Waals surface area (Å²) < 4.78 is 41.0. The lowest BCUT2D eigenvalue weighted by molar-refractivity contribution is -0.138. The first kappa shape index (κ1) is 20.8. The molecule has 1 fully saturated rings. The highest BCUT2D eigenvalue weighted by molar-refractivity contribution is 6.10. The molecule has 0 aromatic carbocycles. The summed E-state index contributed by atoms with van der Waals surface area (Å²) in [6.07, 6.45) is 5.61. The molecule has 8 heteroatoms. The van der Waals surface area contributed by atoms with E-state index >= 15 is 0 Å². The van der Waals surface area contributed by atoms with Crippen LogP contribution in [0.2, 0.25) is 0 Å². The van der Waals surface area contributed by atoms with Crippen LogP contribution in [0.15, 0.2) is 41.8 Å². The van der Waals surface area contributed by atoms with E-state index in [2.05, 4.69) is 20.3 Å². The van der Waals surface area contributed by atoms with Gasteiger partial charge in [-0.25, -0.2) is 0 Å². The molecule has 29 heavy (non-hydrogen) atoms. The molecule has 2 heterocycles. The number of nitrogens with zero attached hydrogens (tertiary/aromatic N) is 3. The second-order valence-electron chi connectivity index (χ2n) is 7.03. The van der Waals surface area contributed by atoms with Crippen molar-refractivity contribution in [3.63, 3.8) is 0 Å². The van der Waals surface area contributed by atoms with Crippen LogP contribution < -0.4 is 11.1 Å². The number of hydrogen-bond donors (Lipinski definition) is 2. The monoisotopic (exact) mass is 403 g/mol. The number of aliphatic imine (C=N–C) groups is 1. The zero-order chi connectivity index (χ0) is 20.9. The van der Waals surface area contributed by atoms with Crippen LogP contribution in [0, 0.1) is 0 Å². The van der Waals surface area contributed by atoms with Gasteiger partial charge in [0.1, 0.15) is 0 Å². The predicted molar refractivity (Wildman–Crippen MR) is 109 cm³/mol. The van der Waals surface area contributed by atoms with Crippen LogP contribution in [0.3, 0.4) is 0 Å². The van der Waals surface area contributed by atoms with Crippen LogP contribution in [0.4, 0.5) is 24.5 Å². The molecule has 0 unspecified atom stereocenters. The van der Waals surface area contributed by atoms with Crippen LogP contribution >= 0.6 is 0 Å². The minimum Gasteiger partial charge on any atom is -0.404 e. The third kappa shape index (κ3) is 5.34. The number of nitrogens with one attached hydrogen (secondary N) is 1. The Labute approximate surface area is 168 Å². The smallest absolute Gasteiger partial charge is 0.404 e. The highest BCUT2D eigenvalue weighted by Crippen LogP contribution is 2.36. The number of pyridine rings is 2. The first-order valence-electron chi connectivity index (χ1n) is 9.65. The molecule has 154 valence electrons. The third-order valence-corrected chi connectivity index (χ3v) is 4.78. The van der Waals surface area contributed by atoms with E-state index in [4.69, 9.17) is 5.73 Å². The van der Waals surface area contributed by atoms with Crippen molar-refractivity contribution in [2.24, 2.45) is 10.7 Å². The van der Waals surface area contributed by atoms with Gasteiger partial charge in [0, 0.05) is 35.9 Å². The summed E-state index contributed by atoms with van der Waals surface area (Å²) in [7, 11) is 0. The third-order valence-electron chi connectivity index (χ3n) is 4.78. The maximum Gasteiger partial charge on any atom is 0.418 e. The van der Waals surface area contributed by atoms with Crippen LogP contribution in [0.1, 0.15) is 49.6 Å². The van der Waals surface area contributed by atoms with Gasteiger partial charge in [-0.05, 0) is 43.9 Å². The van der Waals surface area contributed by atoms with E-state index in [-0.39, 0.29) is 17.3 Å². The average Bonchev–Trinajstić information content (AvgIpc) is 2.65. The summed E-state index contributed by atoms with van der Waals surface area (Å²) >= 11 is 0. The van der Waals surface area contributed by atoms with Crippen molar-refractivity contribution in [3.05, 3.63) is 53.7 Å². The molecule has 0 bridgehead atoms. The average molecular weight is 403 g/mol. The first-order chi connectivity index (χ1) is 13.9. The molecule has 1 saturated carbocycles. The lowest BCUT2D eigenvalue weighted by Gasteiger charge is -2.27. The van der Waals surface area contributed by atoms with Gasteiger partial charge in [0.2, 0.25) is 0 Å². The standard InChI is InChI=1S/C21H24F3N5/c1-2-4-16-9-17(7-8-26-16)27-12-14(11-25)20-19(21(22,23)24)10-18(13-28-20)29-15-5-3-6-15/h7-13,15,29H,2-6,25H2,1H3. The number of anilines is 1. The Morgan fingerprint density at radius 3 is 2.72 bits per heavy atom. The molecule has 0 amide bonds. The predicted octanol–water partition coefficient (Wildman–Crippen LogP) is 5.11. The number of aryl methyl sites for hydroxylation is 1. The van der Waals surface area contributed by atoms with Gasteiger partial charge in [-0.1, -0.05) is 13.3 Å². The number of halogens is 3. The topological polar surface area (TPSA) is 76.2 Å². The highest BCUT2D eigenvalue weighted by Gasteiger charge is 2.35. The molecule has 3 N–H and O–H groups in total. The van der Waals surface area contributed by atoms with Crippen LogP contribution in [-0.4, -0.2) is 22.2 Å². The fraction of sp³-hybridized carbons (Fsp3) is 0.381. The van der Waals surface area contributed by atoms with Crippen LogP contribution in [0.25, 0.3) is 5.57 Å². The van der Waals surface area contributed by atoms with E-state index < -0.39 is 11.7 Å². The molecular weight excluding hydrogens is 379 g/mol. The second-order valence-corrected chi connectivity index (χ2v) is 7.03. The van der Waals surface area contributed by atoms with Gasteiger partial charge in [0.25, 0.3) is 0 Å². The van der Waals surface area contributed by atoms with E-state index in [0.717, 1.165) is 50.1 Å². The van der Waals surface area contributed by atoms with Crippen molar-refractivity contribution in [1.82, 2.24) is 9.97 Å². The van der Waals surface area contributed by atoms with Crippen molar-refractivity contribution in [2.45, 2.75) is 51.2 Å². The maximum atomic E-state index is 13.7. The SMILES string of the molecule is CCCc1cc(N=CC(=CN)c2ncc(NC3CCC3)cc2C(F)(F)F)ccn1. The lowest BCUT2D eigenvalue weighted by atomic mass is 9.93. The van der Waals surface area contributed by atoms with E-state index in [9.17, 15) is 13.2 Å².